The molecule has 0 bridgehead atoms. The van der Waals surface area contributed by atoms with Gasteiger partial charge in [0.05, 0.1) is 16.5 Å². The normalized spacial score (nSPS) is 19.2. The lowest BCUT2D eigenvalue weighted by molar-refractivity contribution is 0.00578. The Bertz CT molecular complexity index is 1270. The molecule has 2 fully saturated rings. The molecule has 5 nitrogen and oxygen atoms in total. The molecule has 34 heavy (non-hydrogen) atoms. The number of rotatable bonds is 5. The Balaban J connectivity index is 0.000000291. The van der Waals surface area contributed by atoms with Crippen LogP contribution in [0.15, 0.2) is 48.5 Å². The zero-order valence-corrected chi connectivity index (χ0v) is 22.6. The van der Waals surface area contributed by atoms with Gasteiger partial charge >= 0.3 is 7.12 Å². The summed E-state index contributed by atoms with van der Waals surface area (Å²) in [6.07, 6.45) is 2.51. The molecule has 1 saturated heterocycles. The number of thiophene rings is 1. The topological polar surface area (TPSA) is 64.6 Å². The molecule has 1 N–H and O–H groups in total. The maximum Gasteiger partial charge on any atom is 0.496 e. The average molecular weight is 520 g/mol. The molecule has 1 saturated carbocycles. The molecule has 1 aliphatic heterocycles. The summed E-state index contributed by atoms with van der Waals surface area (Å²) in [5.74, 6) is 0. The molecule has 1 aromatic heterocycles. The summed E-state index contributed by atoms with van der Waals surface area (Å²) in [5, 5.41) is 1.97. The van der Waals surface area contributed by atoms with E-state index in [-0.39, 0.29) is 23.6 Å². The lowest BCUT2D eigenvalue weighted by Crippen LogP contribution is -2.41. The van der Waals surface area contributed by atoms with Gasteiger partial charge in [-0.15, -0.1) is 11.3 Å². The first-order valence-corrected chi connectivity index (χ1v) is 14.2. The maximum absolute atomic E-state index is 10.7. The van der Waals surface area contributed by atoms with Gasteiger partial charge in [0, 0.05) is 26.5 Å². The van der Waals surface area contributed by atoms with Gasteiger partial charge in [0.2, 0.25) is 10.0 Å². The Morgan fingerprint density at radius 3 is 2.26 bits per heavy atom. The quantitative estimate of drug-likeness (QED) is 0.474. The second kappa shape index (κ2) is 9.56. The van der Waals surface area contributed by atoms with Crippen molar-refractivity contribution in [1.29, 1.82) is 0 Å². The SMILES string of the molecule is CC1(C)OB(c2cccc3cc(Cc4ccccc4Cl)sc23)OC1(C)C.CNS(=O)(=O)C1CC1. The van der Waals surface area contributed by atoms with Crippen molar-refractivity contribution < 1.29 is 17.7 Å². The fourth-order valence-electron chi connectivity index (χ4n) is 3.76. The number of hydrogen-bond acceptors (Lipinski definition) is 5. The van der Waals surface area contributed by atoms with Gasteiger partial charge in [0.1, 0.15) is 0 Å². The van der Waals surface area contributed by atoms with Crippen LogP contribution in [0.3, 0.4) is 0 Å². The Morgan fingerprint density at radius 2 is 1.71 bits per heavy atom. The summed E-state index contributed by atoms with van der Waals surface area (Å²) in [6, 6.07) is 16.6. The lowest BCUT2D eigenvalue weighted by atomic mass is 9.78. The summed E-state index contributed by atoms with van der Waals surface area (Å²) in [5.41, 5.74) is 1.59. The Labute approximate surface area is 212 Å². The highest BCUT2D eigenvalue weighted by atomic mass is 35.5. The van der Waals surface area contributed by atoms with Crippen molar-refractivity contribution in [2.75, 3.05) is 7.05 Å². The fourth-order valence-corrected chi connectivity index (χ4v) is 6.25. The monoisotopic (exact) mass is 519 g/mol. The van der Waals surface area contributed by atoms with E-state index in [1.165, 1.54) is 22.0 Å². The van der Waals surface area contributed by atoms with Gasteiger partial charge in [-0.2, -0.15) is 0 Å². The van der Waals surface area contributed by atoms with E-state index in [9.17, 15) is 8.42 Å². The van der Waals surface area contributed by atoms with E-state index >= 15 is 0 Å². The molecule has 2 heterocycles. The zero-order chi connectivity index (χ0) is 24.7. The van der Waals surface area contributed by atoms with E-state index in [0.29, 0.717) is 0 Å². The van der Waals surface area contributed by atoms with Crippen molar-refractivity contribution in [3.63, 3.8) is 0 Å². The predicted octanol–water partition coefficient (Wildman–Crippen LogP) is 5.14. The van der Waals surface area contributed by atoms with Gasteiger partial charge in [-0.1, -0.05) is 48.0 Å². The molecule has 2 aliphatic rings. The molecule has 9 heteroatoms. The molecule has 5 rings (SSSR count). The standard InChI is InChI=1S/C21H22BClO2S.C4H9NO2S/c1-20(2)21(3,4)25-22(24-20)17-10-7-9-15-13-16(26-19(15)17)12-14-8-5-6-11-18(14)23;1-5-8(6,7)4-2-3-4/h5-11,13H,12H2,1-4H3;4-5H,2-3H2,1H3. The third kappa shape index (κ3) is 5.37. The van der Waals surface area contributed by atoms with Crippen LogP contribution in [0.25, 0.3) is 10.1 Å². The average Bonchev–Trinajstić information content (AvgIpc) is 3.51. The van der Waals surface area contributed by atoms with Crippen LogP contribution in [0.4, 0.5) is 0 Å². The van der Waals surface area contributed by atoms with Crippen LogP contribution in [-0.4, -0.2) is 39.0 Å². The molecule has 1 aliphatic carbocycles. The van der Waals surface area contributed by atoms with Crippen LogP contribution in [-0.2, 0) is 25.8 Å². The van der Waals surface area contributed by atoms with Crippen LogP contribution >= 0.6 is 22.9 Å². The Hall–Kier alpha value is -1.42. The summed E-state index contributed by atoms with van der Waals surface area (Å²) in [4.78, 5) is 1.29. The molecular formula is C25H31BClNO4S2. The number of benzene rings is 2. The predicted molar refractivity (Wildman–Crippen MR) is 143 cm³/mol. The highest BCUT2D eigenvalue weighted by Gasteiger charge is 2.52. The number of halogens is 1. The molecule has 0 atom stereocenters. The van der Waals surface area contributed by atoms with Gasteiger partial charge < -0.3 is 9.31 Å². The highest BCUT2D eigenvalue weighted by Crippen LogP contribution is 2.38. The summed E-state index contributed by atoms with van der Waals surface area (Å²) in [6.45, 7) is 8.35. The van der Waals surface area contributed by atoms with Crippen molar-refractivity contribution in [3.8, 4) is 0 Å². The van der Waals surface area contributed by atoms with E-state index in [0.717, 1.165) is 35.3 Å². The first-order valence-electron chi connectivity index (χ1n) is 11.5. The van der Waals surface area contributed by atoms with Gasteiger partial charge in [0.15, 0.2) is 0 Å². The molecule has 0 amide bonds. The fraction of sp³-hybridized carbons (Fsp3) is 0.440. The van der Waals surface area contributed by atoms with Crippen LogP contribution in [0, 0.1) is 0 Å². The number of sulfonamides is 1. The van der Waals surface area contributed by atoms with Crippen molar-refractivity contribution >= 4 is 55.6 Å². The van der Waals surface area contributed by atoms with Crippen LogP contribution in [0.5, 0.6) is 0 Å². The summed E-state index contributed by atoms with van der Waals surface area (Å²) in [7, 11) is -1.76. The van der Waals surface area contributed by atoms with E-state index < -0.39 is 10.0 Å². The smallest absolute Gasteiger partial charge is 0.399 e. The molecule has 182 valence electrons. The van der Waals surface area contributed by atoms with Crippen LogP contribution in [0.1, 0.15) is 51.0 Å². The minimum atomic E-state index is -2.88. The summed E-state index contributed by atoms with van der Waals surface area (Å²) >= 11 is 8.13. The van der Waals surface area contributed by atoms with Gasteiger partial charge in [0.25, 0.3) is 0 Å². The Kier molecular flexibility index (Phi) is 7.22. The molecule has 3 aromatic rings. The van der Waals surface area contributed by atoms with Gasteiger partial charge in [-0.3, -0.25) is 0 Å². The first-order chi connectivity index (χ1) is 15.9. The molecule has 2 aromatic carbocycles. The Morgan fingerprint density at radius 1 is 1.06 bits per heavy atom. The van der Waals surface area contributed by atoms with E-state index in [4.69, 9.17) is 20.9 Å². The van der Waals surface area contributed by atoms with Crippen molar-refractivity contribution in [2.45, 2.75) is 63.4 Å². The second-order valence-corrected chi connectivity index (χ2v) is 13.5. The van der Waals surface area contributed by atoms with Gasteiger partial charge in [-0.25, -0.2) is 13.1 Å². The molecule has 0 spiro atoms. The number of hydrogen-bond donors (Lipinski definition) is 1. The first kappa shape index (κ1) is 25.7. The number of nitrogens with one attached hydrogen (secondary N) is 1. The largest absolute Gasteiger partial charge is 0.496 e. The highest BCUT2D eigenvalue weighted by molar-refractivity contribution is 7.90. The summed E-state index contributed by atoms with van der Waals surface area (Å²) < 4.78 is 37.3. The van der Waals surface area contributed by atoms with Crippen molar-refractivity contribution in [1.82, 2.24) is 4.72 Å². The van der Waals surface area contributed by atoms with Crippen molar-refractivity contribution in [2.24, 2.45) is 0 Å². The molecule has 0 unspecified atom stereocenters. The molecule has 0 radical (unpaired) electrons. The lowest BCUT2D eigenvalue weighted by Gasteiger charge is -2.32. The third-order valence-electron chi connectivity index (χ3n) is 6.70. The second-order valence-electron chi connectivity index (χ2n) is 9.78. The van der Waals surface area contributed by atoms with Crippen molar-refractivity contribution in [3.05, 3.63) is 64.0 Å². The molecular weight excluding hydrogens is 489 g/mol. The third-order valence-corrected chi connectivity index (χ3v) is 10.2. The minimum absolute atomic E-state index is 0.0764. The van der Waals surface area contributed by atoms with E-state index in [1.807, 2.05) is 18.2 Å². The minimum Gasteiger partial charge on any atom is -0.399 e. The van der Waals surface area contributed by atoms with Crippen LogP contribution in [0.2, 0.25) is 5.02 Å². The van der Waals surface area contributed by atoms with E-state index in [2.05, 4.69) is 62.7 Å². The van der Waals surface area contributed by atoms with E-state index in [1.54, 1.807) is 11.3 Å². The maximum atomic E-state index is 10.7. The number of fused-ring (bicyclic) bond motifs is 1. The van der Waals surface area contributed by atoms with Crippen LogP contribution < -0.4 is 10.2 Å². The zero-order valence-electron chi connectivity index (χ0n) is 20.2. The van der Waals surface area contributed by atoms with Gasteiger partial charge in [-0.05, 0) is 70.7 Å².